The van der Waals surface area contributed by atoms with Crippen LogP contribution in [0.2, 0.25) is 0 Å². The van der Waals surface area contributed by atoms with Gasteiger partial charge in [-0.3, -0.25) is 0 Å². The van der Waals surface area contributed by atoms with Gasteiger partial charge < -0.3 is 4.57 Å². The molecule has 0 spiro atoms. The topological polar surface area (TPSA) is 17.8 Å². The van der Waals surface area contributed by atoms with E-state index in [2.05, 4.69) is 29.6 Å². The highest BCUT2D eigenvalue weighted by atomic mass is 15.1. The van der Waals surface area contributed by atoms with Crippen molar-refractivity contribution < 1.29 is 0 Å². The maximum Gasteiger partial charge on any atom is 0.109 e. The predicted molar refractivity (Wildman–Crippen MR) is 49.3 cm³/mol. The zero-order valence-electron chi connectivity index (χ0n) is 7.88. The first-order chi connectivity index (χ1) is 5.81. The van der Waals surface area contributed by atoms with Crippen LogP contribution in [-0.2, 0) is 13.0 Å². The van der Waals surface area contributed by atoms with E-state index in [0.29, 0.717) is 5.92 Å². The molecule has 1 aliphatic rings. The minimum Gasteiger partial charge on any atom is -0.335 e. The van der Waals surface area contributed by atoms with Gasteiger partial charge in [-0.05, 0) is 18.8 Å². The van der Waals surface area contributed by atoms with Crippen LogP contribution in [0.5, 0.6) is 0 Å². The fourth-order valence-electron chi connectivity index (χ4n) is 1.72. The first-order valence-electron chi connectivity index (χ1n) is 4.87. The molecule has 1 atom stereocenters. The van der Waals surface area contributed by atoms with Crippen LogP contribution >= 0.6 is 0 Å². The van der Waals surface area contributed by atoms with Crippen LogP contribution in [-0.4, -0.2) is 9.55 Å². The quantitative estimate of drug-likeness (QED) is 0.656. The third kappa shape index (κ3) is 1.15. The molecular formula is C10H16N2. The second-order valence-electron chi connectivity index (χ2n) is 3.69. The van der Waals surface area contributed by atoms with Crippen molar-refractivity contribution in [3.05, 3.63) is 17.7 Å². The summed E-state index contributed by atoms with van der Waals surface area (Å²) >= 11 is 0. The van der Waals surface area contributed by atoms with E-state index < -0.39 is 0 Å². The summed E-state index contributed by atoms with van der Waals surface area (Å²) in [6, 6.07) is 0. The number of rotatable bonds is 2. The molecule has 0 aliphatic carbocycles. The first-order valence-corrected chi connectivity index (χ1v) is 4.87. The largest absolute Gasteiger partial charge is 0.335 e. The Morgan fingerprint density at radius 2 is 2.50 bits per heavy atom. The average Bonchev–Trinajstić information content (AvgIpc) is 2.60. The highest BCUT2D eigenvalue weighted by Crippen LogP contribution is 2.21. The molecule has 66 valence electrons. The summed E-state index contributed by atoms with van der Waals surface area (Å²) < 4.78 is 2.31. The van der Waals surface area contributed by atoms with Gasteiger partial charge in [-0.15, -0.1) is 0 Å². The Balaban J connectivity index is 2.25. The van der Waals surface area contributed by atoms with Gasteiger partial charge in [0.15, 0.2) is 0 Å². The van der Waals surface area contributed by atoms with E-state index >= 15 is 0 Å². The zero-order chi connectivity index (χ0) is 8.55. The van der Waals surface area contributed by atoms with E-state index in [0.717, 1.165) is 0 Å². The highest BCUT2D eigenvalue weighted by molar-refractivity contribution is 5.10. The molecule has 0 radical (unpaired) electrons. The molecule has 0 fully saturated rings. The van der Waals surface area contributed by atoms with Crippen molar-refractivity contribution in [2.24, 2.45) is 0 Å². The van der Waals surface area contributed by atoms with Crippen molar-refractivity contribution in [1.29, 1.82) is 0 Å². The lowest BCUT2D eigenvalue weighted by molar-refractivity contribution is 0.696. The van der Waals surface area contributed by atoms with Crippen molar-refractivity contribution in [1.82, 2.24) is 9.55 Å². The molecule has 2 nitrogen and oxygen atoms in total. The van der Waals surface area contributed by atoms with Crippen molar-refractivity contribution in [3.63, 3.8) is 0 Å². The Hall–Kier alpha value is -0.790. The molecule has 1 aromatic heterocycles. The predicted octanol–water partition coefficient (Wildman–Crippen LogP) is 2.34. The lowest BCUT2D eigenvalue weighted by Gasteiger charge is -2.02. The van der Waals surface area contributed by atoms with Crippen molar-refractivity contribution >= 4 is 0 Å². The summed E-state index contributed by atoms with van der Waals surface area (Å²) in [4.78, 5) is 4.62. The van der Waals surface area contributed by atoms with E-state index in [4.69, 9.17) is 0 Å². The Morgan fingerprint density at radius 3 is 3.17 bits per heavy atom. The minimum absolute atomic E-state index is 0.628. The molecule has 2 heteroatoms. The van der Waals surface area contributed by atoms with Gasteiger partial charge >= 0.3 is 0 Å². The number of imidazole rings is 1. The van der Waals surface area contributed by atoms with Crippen LogP contribution in [0, 0.1) is 0 Å². The van der Waals surface area contributed by atoms with Gasteiger partial charge in [0.25, 0.3) is 0 Å². The SMILES string of the molecule is CCC(C)c1cn2c(n1)CCC2. The summed E-state index contributed by atoms with van der Waals surface area (Å²) in [5.41, 5.74) is 1.28. The molecule has 12 heavy (non-hydrogen) atoms. The van der Waals surface area contributed by atoms with Crippen molar-refractivity contribution in [2.45, 2.75) is 45.6 Å². The molecule has 0 aromatic carbocycles. The molecular weight excluding hydrogens is 148 g/mol. The smallest absolute Gasteiger partial charge is 0.109 e. The van der Waals surface area contributed by atoms with E-state index in [1.165, 1.54) is 37.3 Å². The molecule has 0 N–H and O–H groups in total. The number of fused-ring (bicyclic) bond motifs is 1. The second-order valence-corrected chi connectivity index (χ2v) is 3.69. The van der Waals surface area contributed by atoms with Crippen LogP contribution < -0.4 is 0 Å². The number of aryl methyl sites for hydroxylation is 2. The molecule has 2 heterocycles. The minimum atomic E-state index is 0.628. The zero-order valence-corrected chi connectivity index (χ0v) is 7.88. The van der Waals surface area contributed by atoms with Gasteiger partial charge in [-0.25, -0.2) is 4.98 Å². The average molecular weight is 164 g/mol. The second kappa shape index (κ2) is 2.92. The summed E-state index contributed by atoms with van der Waals surface area (Å²) in [5, 5.41) is 0. The lowest BCUT2D eigenvalue weighted by atomic mass is 10.1. The molecule has 0 bridgehead atoms. The third-order valence-electron chi connectivity index (χ3n) is 2.79. The molecule has 1 unspecified atom stereocenters. The molecule has 1 aromatic rings. The van der Waals surface area contributed by atoms with Crippen LogP contribution in [0.4, 0.5) is 0 Å². The molecule has 0 saturated heterocycles. The summed E-state index contributed by atoms with van der Waals surface area (Å²) in [6.07, 6.45) is 5.88. The lowest BCUT2D eigenvalue weighted by Crippen LogP contribution is -1.92. The van der Waals surface area contributed by atoms with E-state index in [9.17, 15) is 0 Å². The fraction of sp³-hybridized carbons (Fsp3) is 0.700. The van der Waals surface area contributed by atoms with Gasteiger partial charge in [0.05, 0.1) is 5.69 Å². The van der Waals surface area contributed by atoms with Gasteiger partial charge in [-0.2, -0.15) is 0 Å². The van der Waals surface area contributed by atoms with Crippen LogP contribution in [0.3, 0.4) is 0 Å². The molecule has 0 amide bonds. The van der Waals surface area contributed by atoms with E-state index in [-0.39, 0.29) is 0 Å². The van der Waals surface area contributed by atoms with Gasteiger partial charge in [0.2, 0.25) is 0 Å². The van der Waals surface area contributed by atoms with Gasteiger partial charge in [0.1, 0.15) is 5.82 Å². The molecule has 1 aliphatic heterocycles. The Morgan fingerprint density at radius 1 is 1.67 bits per heavy atom. The number of hydrogen-bond donors (Lipinski definition) is 0. The van der Waals surface area contributed by atoms with Crippen molar-refractivity contribution in [2.75, 3.05) is 0 Å². The Kier molecular flexibility index (Phi) is 1.91. The van der Waals surface area contributed by atoms with Gasteiger partial charge in [0, 0.05) is 19.2 Å². The number of aromatic nitrogens is 2. The van der Waals surface area contributed by atoms with Crippen LogP contribution in [0.15, 0.2) is 6.20 Å². The Labute approximate surface area is 73.6 Å². The van der Waals surface area contributed by atoms with E-state index in [1.807, 2.05) is 0 Å². The summed E-state index contributed by atoms with van der Waals surface area (Å²) in [7, 11) is 0. The molecule has 0 saturated carbocycles. The van der Waals surface area contributed by atoms with Gasteiger partial charge in [-0.1, -0.05) is 13.8 Å². The monoisotopic (exact) mass is 164 g/mol. The summed E-state index contributed by atoms with van der Waals surface area (Å²) in [6.45, 7) is 5.64. The van der Waals surface area contributed by atoms with Crippen LogP contribution in [0.25, 0.3) is 0 Å². The number of hydrogen-bond acceptors (Lipinski definition) is 1. The maximum absolute atomic E-state index is 4.62. The van der Waals surface area contributed by atoms with Crippen LogP contribution in [0.1, 0.15) is 44.1 Å². The van der Waals surface area contributed by atoms with Crippen molar-refractivity contribution in [3.8, 4) is 0 Å². The Bertz CT molecular complexity index is 254. The maximum atomic E-state index is 4.62. The highest BCUT2D eigenvalue weighted by Gasteiger charge is 2.15. The van der Waals surface area contributed by atoms with E-state index in [1.54, 1.807) is 0 Å². The normalized spacial score (nSPS) is 17.8. The fourth-order valence-corrected chi connectivity index (χ4v) is 1.72. The molecule has 2 rings (SSSR count). The first kappa shape index (κ1) is 7.84. The standard InChI is InChI=1S/C10H16N2/c1-3-8(2)9-7-12-6-4-5-10(12)11-9/h7-8H,3-6H2,1-2H3. The number of nitrogens with zero attached hydrogens (tertiary/aromatic N) is 2. The summed E-state index contributed by atoms with van der Waals surface area (Å²) in [5.74, 6) is 1.92. The third-order valence-corrected chi connectivity index (χ3v) is 2.79.